The number of amides is 1. The minimum absolute atomic E-state index is 0.130. The van der Waals surface area contributed by atoms with Crippen LogP contribution in [0.4, 0.5) is 0 Å². The smallest absolute Gasteiger partial charge is 0.251 e. The van der Waals surface area contributed by atoms with Gasteiger partial charge >= 0.3 is 0 Å². The van der Waals surface area contributed by atoms with Crippen LogP contribution in [0.25, 0.3) is 0 Å². The summed E-state index contributed by atoms with van der Waals surface area (Å²) in [6, 6.07) is 0. The molecule has 0 spiro atoms. The molecule has 94 valence electrons. The molecule has 4 nitrogen and oxygen atoms in total. The Balaban J connectivity index is 2.23. The SMILES string of the molecule is CC(C)CCOC(C)C(=O)N1CCNCC1. The molecular weight excluding hydrogens is 204 g/mol. The van der Waals surface area contributed by atoms with Crippen LogP contribution in [0, 0.1) is 5.92 Å². The van der Waals surface area contributed by atoms with E-state index in [-0.39, 0.29) is 12.0 Å². The molecule has 1 fully saturated rings. The molecule has 0 saturated carbocycles. The molecule has 0 aliphatic carbocycles. The van der Waals surface area contributed by atoms with Crippen LogP contribution < -0.4 is 5.32 Å². The number of carbonyl (C=O) groups excluding carboxylic acids is 1. The molecule has 1 aliphatic heterocycles. The Bertz CT molecular complexity index is 213. The Morgan fingerprint density at radius 3 is 2.50 bits per heavy atom. The van der Waals surface area contributed by atoms with Crippen LogP contribution in [-0.4, -0.2) is 49.7 Å². The molecule has 16 heavy (non-hydrogen) atoms. The Hall–Kier alpha value is -0.610. The second kappa shape index (κ2) is 6.86. The number of piperazine rings is 1. The predicted octanol–water partition coefficient (Wildman–Crippen LogP) is 0.869. The number of hydrogen-bond donors (Lipinski definition) is 1. The highest BCUT2D eigenvalue weighted by Gasteiger charge is 2.22. The summed E-state index contributed by atoms with van der Waals surface area (Å²) in [6.45, 7) is 10.2. The van der Waals surface area contributed by atoms with Gasteiger partial charge in [-0.25, -0.2) is 0 Å². The van der Waals surface area contributed by atoms with Crippen molar-refractivity contribution >= 4 is 5.91 Å². The lowest BCUT2D eigenvalue weighted by Crippen LogP contribution is -2.49. The fourth-order valence-electron chi connectivity index (χ4n) is 1.69. The van der Waals surface area contributed by atoms with Crippen LogP contribution >= 0.6 is 0 Å². The number of nitrogens with one attached hydrogen (secondary N) is 1. The van der Waals surface area contributed by atoms with Crippen molar-refractivity contribution in [3.63, 3.8) is 0 Å². The van der Waals surface area contributed by atoms with Crippen molar-refractivity contribution in [3.05, 3.63) is 0 Å². The molecule has 1 N–H and O–H groups in total. The normalized spacial score (nSPS) is 18.9. The number of ether oxygens (including phenoxy) is 1. The van der Waals surface area contributed by atoms with Gasteiger partial charge in [0.1, 0.15) is 6.10 Å². The van der Waals surface area contributed by atoms with E-state index in [9.17, 15) is 4.79 Å². The van der Waals surface area contributed by atoms with Gasteiger partial charge in [0.05, 0.1) is 0 Å². The van der Waals surface area contributed by atoms with E-state index in [4.69, 9.17) is 4.74 Å². The van der Waals surface area contributed by atoms with Gasteiger partial charge in [0.25, 0.3) is 5.91 Å². The zero-order valence-corrected chi connectivity index (χ0v) is 10.7. The molecule has 1 atom stereocenters. The average molecular weight is 228 g/mol. The van der Waals surface area contributed by atoms with E-state index in [1.165, 1.54) is 0 Å². The second-order valence-electron chi connectivity index (χ2n) is 4.77. The van der Waals surface area contributed by atoms with E-state index in [2.05, 4.69) is 19.2 Å². The van der Waals surface area contributed by atoms with Gasteiger partial charge in [-0.05, 0) is 19.3 Å². The third-order valence-corrected chi connectivity index (χ3v) is 2.84. The highest BCUT2D eigenvalue weighted by molar-refractivity contribution is 5.80. The Morgan fingerprint density at radius 1 is 1.31 bits per heavy atom. The van der Waals surface area contributed by atoms with Crippen molar-refractivity contribution in [1.82, 2.24) is 10.2 Å². The zero-order valence-electron chi connectivity index (χ0n) is 10.7. The molecule has 1 heterocycles. The second-order valence-corrected chi connectivity index (χ2v) is 4.77. The Labute approximate surface area is 98.3 Å². The lowest BCUT2D eigenvalue weighted by Gasteiger charge is -2.29. The van der Waals surface area contributed by atoms with Gasteiger partial charge in [0.2, 0.25) is 0 Å². The monoisotopic (exact) mass is 228 g/mol. The summed E-state index contributed by atoms with van der Waals surface area (Å²) in [6.07, 6.45) is 0.718. The topological polar surface area (TPSA) is 41.6 Å². The minimum atomic E-state index is -0.295. The van der Waals surface area contributed by atoms with Gasteiger partial charge < -0.3 is 15.0 Å². The van der Waals surface area contributed by atoms with E-state index in [0.717, 1.165) is 32.6 Å². The molecule has 1 unspecified atom stereocenters. The molecule has 1 rings (SSSR count). The molecule has 0 aromatic carbocycles. The van der Waals surface area contributed by atoms with Crippen molar-refractivity contribution in [1.29, 1.82) is 0 Å². The quantitative estimate of drug-likeness (QED) is 0.759. The van der Waals surface area contributed by atoms with E-state index in [1.807, 2.05) is 11.8 Å². The molecule has 0 bridgehead atoms. The van der Waals surface area contributed by atoms with Gasteiger partial charge in [-0.1, -0.05) is 13.8 Å². The third-order valence-electron chi connectivity index (χ3n) is 2.84. The fourth-order valence-corrected chi connectivity index (χ4v) is 1.69. The van der Waals surface area contributed by atoms with Gasteiger partial charge in [0, 0.05) is 32.8 Å². The highest BCUT2D eigenvalue weighted by atomic mass is 16.5. The van der Waals surface area contributed by atoms with Gasteiger partial charge in [-0.15, -0.1) is 0 Å². The Kier molecular flexibility index (Phi) is 5.77. The van der Waals surface area contributed by atoms with Crippen LogP contribution in [0.3, 0.4) is 0 Å². The molecule has 0 aromatic heterocycles. The van der Waals surface area contributed by atoms with Crippen molar-refractivity contribution in [2.75, 3.05) is 32.8 Å². The maximum Gasteiger partial charge on any atom is 0.251 e. The summed E-state index contributed by atoms with van der Waals surface area (Å²) in [5.74, 6) is 0.756. The van der Waals surface area contributed by atoms with Gasteiger partial charge in [-0.3, -0.25) is 4.79 Å². The lowest BCUT2D eigenvalue weighted by molar-refractivity contribution is -0.143. The average Bonchev–Trinajstić information content (AvgIpc) is 2.28. The maximum atomic E-state index is 11.9. The molecule has 1 saturated heterocycles. The van der Waals surface area contributed by atoms with Crippen molar-refractivity contribution < 1.29 is 9.53 Å². The summed E-state index contributed by atoms with van der Waals surface area (Å²) < 4.78 is 5.56. The molecule has 0 radical (unpaired) electrons. The number of carbonyl (C=O) groups is 1. The Morgan fingerprint density at radius 2 is 1.94 bits per heavy atom. The van der Waals surface area contributed by atoms with Crippen LogP contribution in [0.1, 0.15) is 27.2 Å². The van der Waals surface area contributed by atoms with Crippen LogP contribution in [0.5, 0.6) is 0 Å². The lowest BCUT2D eigenvalue weighted by atomic mass is 10.1. The highest BCUT2D eigenvalue weighted by Crippen LogP contribution is 2.04. The fraction of sp³-hybridized carbons (Fsp3) is 0.917. The molecule has 4 heteroatoms. The third kappa shape index (κ3) is 4.49. The minimum Gasteiger partial charge on any atom is -0.369 e. The predicted molar refractivity (Wildman–Crippen MR) is 64.3 cm³/mol. The summed E-state index contributed by atoms with van der Waals surface area (Å²) in [7, 11) is 0. The van der Waals surface area contributed by atoms with E-state index in [0.29, 0.717) is 12.5 Å². The molecule has 1 aliphatic rings. The van der Waals surface area contributed by atoms with Crippen molar-refractivity contribution in [3.8, 4) is 0 Å². The first-order valence-electron chi connectivity index (χ1n) is 6.22. The van der Waals surface area contributed by atoms with Gasteiger partial charge in [0.15, 0.2) is 0 Å². The summed E-state index contributed by atoms with van der Waals surface area (Å²) in [5.41, 5.74) is 0. The van der Waals surface area contributed by atoms with Crippen LogP contribution in [0.2, 0.25) is 0 Å². The zero-order chi connectivity index (χ0) is 12.0. The maximum absolute atomic E-state index is 11.9. The first-order chi connectivity index (χ1) is 7.61. The largest absolute Gasteiger partial charge is 0.369 e. The standard InChI is InChI=1S/C12H24N2O2/c1-10(2)4-9-16-11(3)12(15)14-7-5-13-6-8-14/h10-11,13H,4-9H2,1-3H3. The van der Waals surface area contributed by atoms with Gasteiger partial charge in [-0.2, -0.15) is 0 Å². The first-order valence-corrected chi connectivity index (χ1v) is 6.22. The number of nitrogens with zero attached hydrogens (tertiary/aromatic N) is 1. The van der Waals surface area contributed by atoms with E-state index >= 15 is 0 Å². The summed E-state index contributed by atoms with van der Waals surface area (Å²) in [5, 5.41) is 3.23. The van der Waals surface area contributed by atoms with Crippen molar-refractivity contribution in [2.45, 2.75) is 33.3 Å². The molecular formula is C12H24N2O2. The molecule has 0 aromatic rings. The first kappa shape index (κ1) is 13.5. The van der Waals surface area contributed by atoms with Crippen LogP contribution in [-0.2, 0) is 9.53 Å². The summed E-state index contributed by atoms with van der Waals surface area (Å²) >= 11 is 0. The van der Waals surface area contributed by atoms with Crippen LogP contribution in [0.15, 0.2) is 0 Å². The van der Waals surface area contributed by atoms with E-state index < -0.39 is 0 Å². The summed E-state index contributed by atoms with van der Waals surface area (Å²) in [4.78, 5) is 13.8. The number of rotatable bonds is 5. The molecule has 1 amide bonds. The van der Waals surface area contributed by atoms with E-state index in [1.54, 1.807) is 0 Å². The number of hydrogen-bond acceptors (Lipinski definition) is 3. The van der Waals surface area contributed by atoms with Crippen molar-refractivity contribution in [2.24, 2.45) is 5.92 Å².